The molecule has 0 atom stereocenters. The third-order valence-corrected chi connectivity index (χ3v) is 3.37. The topological polar surface area (TPSA) is 36.3 Å². The third-order valence-electron chi connectivity index (χ3n) is 3.37. The number of ether oxygens (including phenoxy) is 2. The maximum absolute atomic E-state index is 5.19. The Hall–Kier alpha value is -2.75. The van der Waals surface area contributed by atoms with Crippen LogP contribution in [0.3, 0.4) is 0 Å². The van der Waals surface area contributed by atoms with E-state index in [1.807, 2.05) is 59.3 Å². The highest BCUT2D eigenvalue weighted by atomic mass is 16.5. The van der Waals surface area contributed by atoms with E-state index in [1.165, 1.54) is 0 Å². The highest BCUT2D eigenvalue weighted by Crippen LogP contribution is 2.25. The second-order valence-corrected chi connectivity index (χ2v) is 4.58. The molecule has 0 fully saturated rings. The molecule has 0 unspecified atom stereocenters. The van der Waals surface area contributed by atoms with Crippen LogP contribution in [0, 0.1) is 0 Å². The second kappa shape index (κ2) is 5.71. The molecule has 3 rings (SSSR count). The van der Waals surface area contributed by atoms with Crippen LogP contribution in [0.2, 0.25) is 0 Å². The number of hydrogen-bond donors (Lipinski definition) is 0. The van der Waals surface area contributed by atoms with E-state index in [4.69, 9.17) is 9.47 Å². The van der Waals surface area contributed by atoms with Crippen LogP contribution in [0.4, 0.5) is 0 Å². The summed E-state index contributed by atoms with van der Waals surface area (Å²) in [5.74, 6) is 1.68. The van der Waals surface area contributed by atoms with Gasteiger partial charge in [0.15, 0.2) is 0 Å². The first-order valence-electron chi connectivity index (χ1n) is 6.63. The summed E-state index contributed by atoms with van der Waals surface area (Å²) < 4.78 is 12.4. The fourth-order valence-electron chi connectivity index (χ4n) is 2.22. The largest absolute Gasteiger partial charge is 0.497 e. The molecule has 4 nitrogen and oxygen atoms in total. The Morgan fingerprint density at radius 2 is 1.38 bits per heavy atom. The lowest BCUT2D eigenvalue weighted by atomic mass is 10.1. The molecule has 106 valence electrons. The number of hydrogen-bond acceptors (Lipinski definition) is 3. The normalized spacial score (nSPS) is 10.4. The zero-order chi connectivity index (χ0) is 14.7. The van der Waals surface area contributed by atoms with E-state index in [9.17, 15) is 0 Å². The minimum atomic E-state index is 0.838. The standard InChI is InChI=1S/C17H16N2O2/c1-20-15-7-3-13(4-8-15)17-11-18-12-19(17)14-5-9-16(21-2)10-6-14/h3-12H,1-2H3. The van der Waals surface area contributed by atoms with Crippen LogP contribution < -0.4 is 9.47 Å². The maximum atomic E-state index is 5.19. The third kappa shape index (κ3) is 2.60. The average molecular weight is 280 g/mol. The van der Waals surface area contributed by atoms with Gasteiger partial charge in [0, 0.05) is 11.3 Å². The fraction of sp³-hybridized carbons (Fsp3) is 0.118. The van der Waals surface area contributed by atoms with Gasteiger partial charge in [-0.05, 0) is 48.5 Å². The van der Waals surface area contributed by atoms with Gasteiger partial charge in [0.05, 0.1) is 32.4 Å². The van der Waals surface area contributed by atoms with Gasteiger partial charge in [-0.1, -0.05) is 0 Å². The lowest BCUT2D eigenvalue weighted by Crippen LogP contribution is -1.95. The second-order valence-electron chi connectivity index (χ2n) is 4.58. The van der Waals surface area contributed by atoms with E-state index in [1.54, 1.807) is 20.5 Å². The minimum Gasteiger partial charge on any atom is -0.497 e. The monoisotopic (exact) mass is 280 g/mol. The molecule has 0 aliphatic carbocycles. The first-order valence-corrected chi connectivity index (χ1v) is 6.63. The Labute approximate surface area is 123 Å². The van der Waals surface area contributed by atoms with Gasteiger partial charge in [0.25, 0.3) is 0 Å². The summed E-state index contributed by atoms with van der Waals surface area (Å²) in [6.45, 7) is 0. The summed E-state index contributed by atoms with van der Waals surface area (Å²) in [7, 11) is 3.33. The molecular formula is C17H16N2O2. The molecule has 2 aromatic carbocycles. The molecule has 0 spiro atoms. The quantitative estimate of drug-likeness (QED) is 0.733. The van der Waals surface area contributed by atoms with Gasteiger partial charge in [-0.15, -0.1) is 0 Å². The van der Waals surface area contributed by atoms with E-state index in [0.29, 0.717) is 0 Å². The van der Waals surface area contributed by atoms with Crippen LogP contribution >= 0.6 is 0 Å². The van der Waals surface area contributed by atoms with Gasteiger partial charge in [0.2, 0.25) is 0 Å². The molecule has 0 saturated carbocycles. The highest BCUT2D eigenvalue weighted by molar-refractivity contribution is 5.62. The molecule has 4 heteroatoms. The lowest BCUT2D eigenvalue weighted by molar-refractivity contribution is 0.414. The Balaban J connectivity index is 1.99. The Morgan fingerprint density at radius 3 is 1.95 bits per heavy atom. The van der Waals surface area contributed by atoms with Gasteiger partial charge in [-0.25, -0.2) is 4.98 Å². The smallest absolute Gasteiger partial charge is 0.119 e. The van der Waals surface area contributed by atoms with Crippen molar-refractivity contribution in [1.82, 2.24) is 9.55 Å². The Kier molecular flexibility index (Phi) is 3.60. The van der Waals surface area contributed by atoms with Crippen LogP contribution in [-0.4, -0.2) is 23.8 Å². The molecule has 21 heavy (non-hydrogen) atoms. The van der Waals surface area contributed by atoms with E-state index in [0.717, 1.165) is 28.4 Å². The fourth-order valence-corrected chi connectivity index (χ4v) is 2.22. The molecule has 0 aliphatic rings. The van der Waals surface area contributed by atoms with E-state index < -0.39 is 0 Å². The van der Waals surface area contributed by atoms with Crippen LogP contribution in [-0.2, 0) is 0 Å². The number of rotatable bonds is 4. The predicted molar refractivity (Wildman–Crippen MR) is 82.1 cm³/mol. The number of nitrogens with zero attached hydrogens (tertiary/aromatic N) is 2. The lowest BCUT2D eigenvalue weighted by Gasteiger charge is -2.09. The first-order chi connectivity index (χ1) is 10.3. The van der Waals surface area contributed by atoms with Crippen molar-refractivity contribution in [2.75, 3.05) is 14.2 Å². The summed E-state index contributed by atoms with van der Waals surface area (Å²) in [6.07, 6.45) is 3.66. The van der Waals surface area contributed by atoms with Crippen molar-refractivity contribution in [2.24, 2.45) is 0 Å². The zero-order valence-electron chi connectivity index (χ0n) is 12.0. The summed E-state index contributed by atoms with van der Waals surface area (Å²) in [4.78, 5) is 4.26. The van der Waals surface area contributed by atoms with E-state index >= 15 is 0 Å². The van der Waals surface area contributed by atoms with Crippen molar-refractivity contribution >= 4 is 0 Å². The Morgan fingerprint density at radius 1 is 0.810 bits per heavy atom. The van der Waals surface area contributed by atoms with Gasteiger partial charge in [-0.3, -0.25) is 4.57 Å². The molecule has 0 N–H and O–H groups in total. The highest BCUT2D eigenvalue weighted by Gasteiger charge is 2.07. The molecule has 0 saturated heterocycles. The van der Waals surface area contributed by atoms with Gasteiger partial charge in [-0.2, -0.15) is 0 Å². The first kappa shape index (κ1) is 13.2. The van der Waals surface area contributed by atoms with Gasteiger partial charge in [0.1, 0.15) is 11.5 Å². The zero-order valence-corrected chi connectivity index (χ0v) is 12.0. The van der Waals surface area contributed by atoms with Crippen LogP contribution in [0.25, 0.3) is 16.9 Å². The van der Waals surface area contributed by atoms with Crippen molar-refractivity contribution < 1.29 is 9.47 Å². The number of aromatic nitrogens is 2. The van der Waals surface area contributed by atoms with Crippen LogP contribution in [0.15, 0.2) is 61.1 Å². The number of benzene rings is 2. The molecule has 1 heterocycles. The van der Waals surface area contributed by atoms with Crippen molar-refractivity contribution in [2.45, 2.75) is 0 Å². The predicted octanol–water partition coefficient (Wildman–Crippen LogP) is 3.56. The minimum absolute atomic E-state index is 0.838. The molecule has 0 bridgehead atoms. The van der Waals surface area contributed by atoms with E-state index in [-0.39, 0.29) is 0 Å². The summed E-state index contributed by atoms with van der Waals surface area (Å²) in [5, 5.41) is 0. The van der Waals surface area contributed by atoms with Crippen molar-refractivity contribution in [1.29, 1.82) is 0 Å². The number of imidazole rings is 1. The van der Waals surface area contributed by atoms with Gasteiger partial charge >= 0.3 is 0 Å². The molecule has 0 amide bonds. The maximum Gasteiger partial charge on any atom is 0.119 e. The van der Waals surface area contributed by atoms with Gasteiger partial charge < -0.3 is 9.47 Å². The molecule has 3 aromatic rings. The van der Waals surface area contributed by atoms with Crippen molar-refractivity contribution in [3.8, 4) is 28.4 Å². The Bertz CT molecular complexity index is 653. The average Bonchev–Trinajstić information content (AvgIpc) is 3.04. The molecule has 0 radical (unpaired) electrons. The summed E-state index contributed by atoms with van der Waals surface area (Å²) >= 11 is 0. The molecule has 0 aliphatic heterocycles. The van der Waals surface area contributed by atoms with Crippen LogP contribution in [0.5, 0.6) is 11.5 Å². The summed E-state index contributed by atoms with van der Waals surface area (Å²) in [6, 6.07) is 15.8. The molecular weight excluding hydrogens is 264 g/mol. The SMILES string of the molecule is COc1ccc(-c2cncn2-c2ccc(OC)cc2)cc1. The van der Waals surface area contributed by atoms with Crippen molar-refractivity contribution in [3.63, 3.8) is 0 Å². The van der Waals surface area contributed by atoms with Crippen LogP contribution in [0.1, 0.15) is 0 Å². The summed E-state index contributed by atoms with van der Waals surface area (Å²) in [5.41, 5.74) is 3.16. The molecule has 1 aromatic heterocycles. The van der Waals surface area contributed by atoms with E-state index in [2.05, 4.69) is 4.98 Å². The number of methoxy groups -OCH3 is 2. The van der Waals surface area contributed by atoms with Crippen molar-refractivity contribution in [3.05, 3.63) is 61.1 Å².